The molecule has 0 atom stereocenters. The zero-order chi connectivity index (χ0) is 17.7. The van der Waals surface area contributed by atoms with Crippen LogP contribution in [0.5, 0.6) is 0 Å². The fourth-order valence-corrected chi connectivity index (χ4v) is 2.32. The van der Waals surface area contributed by atoms with Crippen LogP contribution in [0.1, 0.15) is 21.5 Å². The minimum absolute atomic E-state index is 0.0478. The summed E-state index contributed by atoms with van der Waals surface area (Å²) >= 11 is 11.8. The first-order valence-electron chi connectivity index (χ1n) is 7.00. The Labute approximate surface area is 148 Å². The maximum absolute atomic E-state index is 13.4. The van der Waals surface area contributed by atoms with Crippen molar-refractivity contribution in [1.82, 2.24) is 5.32 Å². The molecule has 0 bridgehead atoms. The van der Waals surface area contributed by atoms with Crippen molar-refractivity contribution in [3.05, 3.63) is 69.0 Å². The third kappa shape index (κ3) is 4.94. The number of nitrogens with one attached hydrogen (secondary N) is 1. The molecule has 0 saturated heterocycles. The Bertz CT molecular complexity index is 780. The van der Waals surface area contributed by atoms with Crippen molar-refractivity contribution < 1.29 is 18.7 Å². The van der Waals surface area contributed by atoms with Crippen LogP contribution < -0.4 is 5.32 Å². The second kappa shape index (κ2) is 8.13. The lowest BCUT2D eigenvalue weighted by Crippen LogP contribution is -2.28. The van der Waals surface area contributed by atoms with Crippen molar-refractivity contribution in [2.24, 2.45) is 0 Å². The second-order valence-electron chi connectivity index (χ2n) is 5.05. The Balaban J connectivity index is 1.84. The van der Waals surface area contributed by atoms with Gasteiger partial charge >= 0.3 is 5.97 Å². The van der Waals surface area contributed by atoms with Gasteiger partial charge in [0.25, 0.3) is 5.91 Å². The van der Waals surface area contributed by atoms with Crippen molar-refractivity contribution >= 4 is 35.1 Å². The van der Waals surface area contributed by atoms with Crippen LogP contribution >= 0.6 is 23.2 Å². The first-order valence-corrected chi connectivity index (χ1v) is 7.76. The molecule has 0 aliphatic heterocycles. The molecule has 2 rings (SSSR count). The molecule has 1 N–H and O–H groups in total. The normalized spacial score (nSPS) is 10.3. The molecule has 2 aromatic carbocycles. The molecule has 4 nitrogen and oxygen atoms in total. The fourth-order valence-electron chi connectivity index (χ4n) is 1.84. The number of carbonyl (C=O) groups is 2. The number of benzene rings is 2. The van der Waals surface area contributed by atoms with E-state index in [9.17, 15) is 14.0 Å². The summed E-state index contributed by atoms with van der Waals surface area (Å²) in [4.78, 5) is 23.5. The second-order valence-corrected chi connectivity index (χ2v) is 5.90. The molecule has 0 aliphatic carbocycles. The van der Waals surface area contributed by atoms with E-state index in [0.717, 1.165) is 6.07 Å². The largest absolute Gasteiger partial charge is 0.452 e. The van der Waals surface area contributed by atoms with E-state index in [1.165, 1.54) is 12.1 Å². The van der Waals surface area contributed by atoms with E-state index in [4.69, 9.17) is 27.9 Å². The number of carbonyl (C=O) groups excluding carboxylic acids is 2. The molecule has 0 radical (unpaired) electrons. The predicted molar refractivity (Wildman–Crippen MR) is 89.7 cm³/mol. The number of halogens is 3. The first-order chi connectivity index (χ1) is 11.4. The highest BCUT2D eigenvalue weighted by atomic mass is 35.5. The third-order valence-corrected chi connectivity index (χ3v) is 3.82. The highest BCUT2D eigenvalue weighted by molar-refractivity contribution is 6.35. The average molecular weight is 370 g/mol. The average Bonchev–Trinajstić information content (AvgIpc) is 2.54. The van der Waals surface area contributed by atoms with Gasteiger partial charge in [-0.3, -0.25) is 4.79 Å². The number of amides is 1. The molecule has 24 heavy (non-hydrogen) atoms. The van der Waals surface area contributed by atoms with Crippen LogP contribution in [-0.4, -0.2) is 18.5 Å². The smallest absolute Gasteiger partial charge is 0.338 e. The Morgan fingerprint density at radius 3 is 2.58 bits per heavy atom. The summed E-state index contributed by atoms with van der Waals surface area (Å²) in [5.74, 6) is -1.78. The lowest BCUT2D eigenvalue weighted by atomic mass is 10.1. The van der Waals surface area contributed by atoms with Crippen LogP contribution in [0.25, 0.3) is 0 Å². The van der Waals surface area contributed by atoms with Crippen LogP contribution in [0.2, 0.25) is 10.0 Å². The summed E-state index contributed by atoms with van der Waals surface area (Å²) < 4.78 is 18.3. The van der Waals surface area contributed by atoms with Crippen LogP contribution in [0.15, 0.2) is 36.4 Å². The predicted octanol–water partition coefficient (Wildman–Crippen LogP) is 3.91. The van der Waals surface area contributed by atoms with Gasteiger partial charge in [-0.05, 0) is 42.3 Å². The molecule has 2 aromatic rings. The summed E-state index contributed by atoms with van der Waals surface area (Å²) in [5, 5.41) is 3.49. The van der Waals surface area contributed by atoms with Crippen molar-refractivity contribution in [3.63, 3.8) is 0 Å². The van der Waals surface area contributed by atoms with Gasteiger partial charge in [0.2, 0.25) is 0 Å². The van der Waals surface area contributed by atoms with E-state index in [2.05, 4.69) is 5.32 Å². The summed E-state index contributed by atoms with van der Waals surface area (Å²) in [6, 6.07) is 8.88. The Hall–Kier alpha value is -2.11. The Morgan fingerprint density at radius 2 is 1.92 bits per heavy atom. The van der Waals surface area contributed by atoms with Crippen LogP contribution in [0.3, 0.4) is 0 Å². The zero-order valence-electron chi connectivity index (χ0n) is 12.7. The highest BCUT2D eigenvalue weighted by Crippen LogP contribution is 2.20. The number of aryl methyl sites for hydroxylation is 1. The molecule has 0 aliphatic rings. The first kappa shape index (κ1) is 18.2. The van der Waals surface area contributed by atoms with E-state index >= 15 is 0 Å². The standard InChI is InChI=1S/C17H14Cl2FNO3/c1-10-2-3-11(6-15(10)20)17(23)24-9-16(22)21-8-12-4-5-13(18)7-14(12)19/h2-7H,8-9H2,1H3,(H,21,22). The van der Waals surface area contributed by atoms with Crippen molar-refractivity contribution in [2.45, 2.75) is 13.5 Å². The van der Waals surface area contributed by atoms with Gasteiger partial charge in [0.15, 0.2) is 6.61 Å². The minimum Gasteiger partial charge on any atom is -0.452 e. The van der Waals surface area contributed by atoms with Crippen LogP contribution in [-0.2, 0) is 16.1 Å². The van der Waals surface area contributed by atoms with E-state index in [1.54, 1.807) is 25.1 Å². The quantitative estimate of drug-likeness (QED) is 0.812. The van der Waals surface area contributed by atoms with E-state index < -0.39 is 24.3 Å². The zero-order valence-corrected chi connectivity index (χ0v) is 14.2. The molecule has 126 valence electrons. The van der Waals surface area contributed by atoms with Crippen molar-refractivity contribution in [2.75, 3.05) is 6.61 Å². The van der Waals surface area contributed by atoms with Crippen molar-refractivity contribution in [3.8, 4) is 0 Å². The summed E-state index contributed by atoms with van der Waals surface area (Å²) in [7, 11) is 0. The maximum Gasteiger partial charge on any atom is 0.338 e. The van der Waals surface area contributed by atoms with Gasteiger partial charge in [0, 0.05) is 16.6 Å². The molecule has 0 heterocycles. The lowest BCUT2D eigenvalue weighted by molar-refractivity contribution is -0.124. The summed E-state index contributed by atoms with van der Waals surface area (Å²) in [6.45, 7) is 1.28. The summed E-state index contributed by atoms with van der Waals surface area (Å²) in [6.07, 6.45) is 0. The maximum atomic E-state index is 13.4. The number of rotatable bonds is 5. The van der Waals surface area contributed by atoms with Crippen LogP contribution in [0.4, 0.5) is 4.39 Å². The van der Waals surface area contributed by atoms with Crippen LogP contribution in [0, 0.1) is 12.7 Å². The SMILES string of the molecule is Cc1ccc(C(=O)OCC(=O)NCc2ccc(Cl)cc2Cl)cc1F. The molecular weight excluding hydrogens is 356 g/mol. The molecule has 7 heteroatoms. The summed E-state index contributed by atoms with van der Waals surface area (Å²) in [5.41, 5.74) is 1.15. The number of esters is 1. The van der Waals surface area contributed by atoms with E-state index in [-0.39, 0.29) is 12.1 Å². The lowest BCUT2D eigenvalue weighted by Gasteiger charge is -2.08. The fraction of sp³-hybridized carbons (Fsp3) is 0.176. The van der Waals surface area contributed by atoms with Gasteiger partial charge in [-0.25, -0.2) is 9.18 Å². The Morgan fingerprint density at radius 1 is 1.17 bits per heavy atom. The third-order valence-electron chi connectivity index (χ3n) is 3.23. The highest BCUT2D eigenvalue weighted by Gasteiger charge is 2.12. The molecule has 0 saturated carbocycles. The number of hydrogen-bond donors (Lipinski definition) is 1. The molecule has 0 fully saturated rings. The number of ether oxygens (including phenoxy) is 1. The van der Waals surface area contributed by atoms with E-state index in [1.807, 2.05) is 0 Å². The number of hydrogen-bond acceptors (Lipinski definition) is 3. The van der Waals surface area contributed by atoms with Gasteiger partial charge in [-0.1, -0.05) is 35.3 Å². The van der Waals surface area contributed by atoms with Gasteiger partial charge in [-0.15, -0.1) is 0 Å². The van der Waals surface area contributed by atoms with E-state index in [0.29, 0.717) is 21.2 Å². The van der Waals surface area contributed by atoms with Gasteiger partial charge in [0.1, 0.15) is 5.82 Å². The monoisotopic (exact) mass is 369 g/mol. The molecular formula is C17H14Cl2FNO3. The molecule has 0 aromatic heterocycles. The van der Waals surface area contributed by atoms with Crippen molar-refractivity contribution in [1.29, 1.82) is 0 Å². The van der Waals surface area contributed by atoms with Gasteiger partial charge in [-0.2, -0.15) is 0 Å². The topological polar surface area (TPSA) is 55.4 Å². The minimum atomic E-state index is -0.770. The Kier molecular flexibility index (Phi) is 6.17. The van der Waals surface area contributed by atoms with Gasteiger partial charge < -0.3 is 10.1 Å². The molecule has 0 unspecified atom stereocenters. The molecule has 1 amide bonds. The molecule has 0 spiro atoms. The van der Waals surface area contributed by atoms with Gasteiger partial charge in [0.05, 0.1) is 5.56 Å².